The largest absolute Gasteiger partial charge is 0.467 e. The summed E-state index contributed by atoms with van der Waals surface area (Å²) in [5.74, 6) is 0.295. The van der Waals surface area contributed by atoms with Gasteiger partial charge in [-0.15, -0.1) is 0 Å². The number of amides is 2. The van der Waals surface area contributed by atoms with Gasteiger partial charge in [0.25, 0.3) is 0 Å². The highest BCUT2D eigenvalue weighted by Gasteiger charge is 2.24. The van der Waals surface area contributed by atoms with Crippen molar-refractivity contribution in [2.45, 2.75) is 32.9 Å². The second-order valence-electron chi connectivity index (χ2n) is 5.75. The van der Waals surface area contributed by atoms with E-state index in [-0.39, 0.29) is 24.2 Å². The standard InChI is InChI=1S/C18H22N2O3/c1-13(2)17(18(22)19-12-15-9-6-10-23-15)20-16(21)11-14-7-4-3-5-8-14/h3-10,13,17H,11-12H2,1-2H3,(H,19,22)(H,20,21)/t17-/m1/s1. The molecule has 0 bridgehead atoms. The molecule has 0 unspecified atom stereocenters. The Labute approximate surface area is 136 Å². The number of hydrogen-bond donors (Lipinski definition) is 2. The Morgan fingerprint density at radius 2 is 1.83 bits per heavy atom. The van der Waals surface area contributed by atoms with Gasteiger partial charge in [-0.2, -0.15) is 0 Å². The van der Waals surface area contributed by atoms with Crippen LogP contribution in [0.5, 0.6) is 0 Å². The number of carbonyl (C=O) groups excluding carboxylic acids is 2. The number of nitrogens with one attached hydrogen (secondary N) is 2. The summed E-state index contributed by atoms with van der Waals surface area (Å²) in [5.41, 5.74) is 0.920. The van der Waals surface area contributed by atoms with E-state index in [0.29, 0.717) is 12.3 Å². The van der Waals surface area contributed by atoms with Crippen LogP contribution in [-0.4, -0.2) is 17.9 Å². The minimum Gasteiger partial charge on any atom is -0.467 e. The zero-order chi connectivity index (χ0) is 16.7. The van der Waals surface area contributed by atoms with E-state index in [2.05, 4.69) is 10.6 Å². The first-order valence-electron chi connectivity index (χ1n) is 7.69. The first-order chi connectivity index (χ1) is 11.1. The molecule has 0 aliphatic rings. The molecule has 1 aromatic carbocycles. The van der Waals surface area contributed by atoms with Gasteiger partial charge >= 0.3 is 0 Å². The summed E-state index contributed by atoms with van der Waals surface area (Å²) in [6.45, 7) is 4.11. The average molecular weight is 314 g/mol. The topological polar surface area (TPSA) is 71.3 Å². The van der Waals surface area contributed by atoms with Gasteiger partial charge in [0.05, 0.1) is 19.2 Å². The Kier molecular flexibility index (Phi) is 5.97. The summed E-state index contributed by atoms with van der Waals surface area (Å²) in [6.07, 6.45) is 1.82. The summed E-state index contributed by atoms with van der Waals surface area (Å²) in [5, 5.41) is 5.60. The van der Waals surface area contributed by atoms with Crippen molar-refractivity contribution >= 4 is 11.8 Å². The van der Waals surface area contributed by atoms with Crippen molar-refractivity contribution in [3.8, 4) is 0 Å². The van der Waals surface area contributed by atoms with Crippen molar-refractivity contribution in [1.82, 2.24) is 10.6 Å². The highest BCUT2D eigenvalue weighted by Crippen LogP contribution is 2.06. The Morgan fingerprint density at radius 3 is 2.43 bits per heavy atom. The van der Waals surface area contributed by atoms with Crippen molar-refractivity contribution in [1.29, 1.82) is 0 Å². The van der Waals surface area contributed by atoms with Gasteiger partial charge in [-0.25, -0.2) is 0 Å². The van der Waals surface area contributed by atoms with E-state index < -0.39 is 6.04 Å². The lowest BCUT2D eigenvalue weighted by molar-refractivity contribution is -0.129. The van der Waals surface area contributed by atoms with Gasteiger partial charge in [-0.05, 0) is 23.6 Å². The summed E-state index contributed by atoms with van der Waals surface area (Å²) in [4.78, 5) is 24.5. The zero-order valence-electron chi connectivity index (χ0n) is 13.4. The van der Waals surface area contributed by atoms with Crippen LogP contribution < -0.4 is 10.6 Å². The van der Waals surface area contributed by atoms with Gasteiger partial charge in [-0.1, -0.05) is 44.2 Å². The molecular formula is C18H22N2O3. The third kappa shape index (κ3) is 5.29. The van der Waals surface area contributed by atoms with Gasteiger partial charge in [-0.3, -0.25) is 9.59 Å². The van der Waals surface area contributed by atoms with Crippen molar-refractivity contribution in [3.63, 3.8) is 0 Å². The molecule has 0 saturated carbocycles. The van der Waals surface area contributed by atoms with Crippen molar-refractivity contribution in [3.05, 3.63) is 60.1 Å². The van der Waals surface area contributed by atoms with Crippen LogP contribution in [0.15, 0.2) is 53.1 Å². The Bertz CT molecular complexity index is 621. The van der Waals surface area contributed by atoms with Crippen LogP contribution in [-0.2, 0) is 22.6 Å². The zero-order valence-corrected chi connectivity index (χ0v) is 13.4. The predicted octanol–water partition coefficient (Wildman–Crippen LogP) is 2.28. The first-order valence-corrected chi connectivity index (χ1v) is 7.69. The lowest BCUT2D eigenvalue weighted by atomic mass is 10.0. The van der Waals surface area contributed by atoms with Gasteiger partial charge in [0.15, 0.2) is 0 Å². The molecule has 2 aromatic rings. The quantitative estimate of drug-likeness (QED) is 0.823. The third-order valence-corrected chi connectivity index (χ3v) is 3.49. The van der Waals surface area contributed by atoms with Crippen molar-refractivity contribution in [2.75, 3.05) is 0 Å². The summed E-state index contributed by atoms with van der Waals surface area (Å²) in [6, 6.07) is 12.4. The Morgan fingerprint density at radius 1 is 1.09 bits per heavy atom. The van der Waals surface area contributed by atoms with E-state index in [4.69, 9.17) is 4.42 Å². The SMILES string of the molecule is CC(C)[C@@H](NC(=O)Cc1ccccc1)C(=O)NCc1ccco1. The average Bonchev–Trinajstić information content (AvgIpc) is 3.04. The van der Waals surface area contributed by atoms with E-state index in [1.54, 1.807) is 18.4 Å². The predicted molar refractivity (Wildman–Crippen MR) is 87.5 cm³/mol. The van der Waals surface area contributed by atoms with E-state index in [1.807, 2.05) is 44.2 Å². The summed E-state index contributed by atoms with van der Waals surface area (Å²) in [7, 11) is 0. The fraction of sp³-hybridized carbons (Fsp3) is 0.333. The minimum atomic E-state index is -0.568. The van der Waals surface area contributed by atoms with Crippen LogP contribution in [0.3, 0.4) is 0 Å². The lowest BCUT2D eigenvalue weighted by Gasteiger charge is -2.21. The van der Waals surface area contributed by atoms with Crippen LogP contribution in [0.25, 0.3) is 0 Å². The molecule has 1 heterocycles. The molecule has 2 amide bonds. The molecule has 5 heteroatoms. The molecule has 0 saturated heterocycles. The highest BCUT2D eigenvalue weighted by molar-refractivity contribution is 5.88. The highest BCUT2D eigenvalue weighted by atomic mass is 16.3. The molecule has 0 spiro atoms. The molecule has 0 radical (unpaired) electrons. The third-order valence-electron chi connectivity index (χ3n) is 3.49. The van der Waals surface area contributed by atoms with Crippen molar-refractivity contribution in [2.24, 2.45) is 5.92 Å². The Balaban J connectivity index is 1.89. The second-order valence-corrected chi connectivity index (χ2v) is 5.75. The van der Waals surface area contributed by atoms with Gasteiger partial charge in [0.2, 0.25) is 11.8 Å². The molecule has 122 valence electrons. The maximum Gasteiger partial charge on any atom is 0.243 e. The number of furan rings is 1. The maximum absolute atomic E-state index is 12.3. The van der Waals surface area contributed by atoms with Crippen LogP contribution in [0.2, 0.25) is 0 Å². The molecule has 23 heavy (non-hydrogen) atoms. The minimum absolute atomic E-state index is 0.00803. The molecule has 1 atom stereocenters. The van der Waals surface area contributed by atoms with E-state index in [9.17, 15) is 9.59 Å². The molecule has 0 aliphatic heterocycles. The number of rotatable bonds is 7. The van der Waals surface area contributed by atoms with Crippen LogP contribution in [0.4, 0.5) is 0 Å². The normalized spacial score (nSPS) is 12.0. The van der Waals surface area contributed by atoms with Gasteiger partial charge in [0, 0.05) is 0 Å². The van der Waals surface area contributed by atoms with Crippen LogP contribution >= 0.6 is 0 Å². The van der Waals surface area contributed by atoms with Gasteiger partial charge in [0.1, 0.15) is 11.8 Å². The molecule has 2 N–H and O–H groups in total. The van der Waals surface area contributed by atoms with Gasteiger partial charge < -0.3 is 15.1 Å². The molecule has 0 aliphatic carbocycles. The van der Waals surface area contributed by atoms with Crippen LogP contribution in [0, 0.1) is 5.92 Å². The summed E-state index contributed by atoms with van der Waals surface area (Å²) < 4.78 is 5.18. The lowest BCUT2D eigenvalue weighted by Crippen LogP contribution is -2.49. The van der Waals surface area contributed by atoms with Crippen molar-refractivity contribution < 1.29 is 14.0 Å². The smallest absolute Gasteiger partial charge is 0.243 e. The monoisotopic (exact) mass is 314 g/mol. The van der Waals surface area contributed by atoms with E-state index in [1.165, 1.54) is 0 Å². The maximum atomic E-state index is 12.3. The molecule has 2 rings (SSSR count). The second kappa shape index (κ2) is 8.17. The molecule has 0 fully saturated rings. The number of hydrogen-bond acceptors (Lipinski definition) is 3. The number of benzene rings is 1. The fourth-order valence-corrected chi connectivity index (χ4v) is 2.24. The summed E-state index contributed by atoms with van der Waals surface area (Å²) >= 11 is 0. The fourth-order valence-electron chi connectivity index (χ4n) is 2.24. The molecule has 5 nitrogen and oxygen atoms in total. The molecule has 1 aromatic heterocycles. The Hall–Kier alpha value is -2.56. The van der Waals surface area contributed by atoms with E-state index in [0.717, 1.165) is 5.56 Å². The first kappa shape index (κ1) is 16.8. The van der Waals surface area contributed by atoms with Crippen LogP contribution in [0.1, 0.15) is 25.2 Å². The number of carbonyl (C=O) groups is 2. The van der Waals surface area contributed by atoms with E-state index >= 15 is 0 Å². The molecular weight excluding hydrogens is 292 g/mol.